The summed E-state index contributed by atoms with van der Waals surface area (Å²) < 4.78 is 1.62. The van der Waals surface area contributed by atoms with E-state index in [0.29, 0.717) is 22.2 Å². The zero-order chi connectivity index (χ0) is 13.4. The molecule has 2 heterocycles. The average Bonchev–Trinajstić information content (AvgIpc) is 2.84. The summed E-state index contributed by atoms with van der Waals surface area (Å²) in [7, 11) is 0. The summed E-state index contributed by atoms with van der Waals surface area (Å²) in [6.45, 7) is 0. The van der Waals surface area contributed by atoms with Crippen LogP contribution in [0.2, 0.25) is 5.15 Å². The molecule has 8 heteroatoms. The zero-order valence-electron chi connectivity index (χ0n) is 9.39. The standard InChI is InChI=1S/C11H6ClN5O2/c12-9-5-13-6-10-14-15-11(16(9)10)7-1-3-8(4-2-7)17(18)19/h1-6H. The molecule has 94 valence electrons. The highest BCUT2D eigenvalue weighted by Gasteiger charge is 2.12. The first-order chi connectivity index (χ1) is 9.16. The Morgan fingerprint density at radius 1 is 1.16 bits per heavy atom. The molecule has 0 unspecified atom stereocenters. The summed E-state index contributed by atoms with van der Waals surface area (Å²) in [6, 6.07) is 6.02. The molecule has 0 saturated heterocycles. The van der Waals surface area contributed by atoms with Gasteiger partial charge in [-0.1, -0.05) is 11.6 Å². The molecule has 0 fully saturated rings. The zero-order valence-corrected chi connectivity index (χ0v) is 10.2. The maximum absolute atomic E-state index is 10.6. The minimum absolute atomic E-state index is 0.0188. The first-order valence-corrected chi connectivity index (χ1v) is 5.64. The Morgan fingerprint density at radius 3 is 2.58 bits per heavy atom. The van der Waals surface area contributed by atoms with Crippen LogP contribution in [0.25, 0.3) is 17.0 Å². The van der Waals surface area contributed by atoms with Gasteiger partial charge in [-0.2, -0.15) is 0 Å². The quantitative estimate of drug-likeness (QED) is 0.529. The van der Waals surface area contributed by atoms with E-state index >= 15 is 0 Å². The number of nitrogens with zero attached hydrogens (tertiary/aromatic N) is 5. The van der Waals surface area contributed by atoms with Gasteiger partial charge in [-0.05, 0) is 12.1 Å². The molecule has 3 rings (SSSR count). The number of non-ortho nitro benzene ring substituents is 1. The second-order valence-corrected chi connectivity index (χ2v) is 4.14. The van der Waals surface area contributed by atoms with Crippen molar-refractivity contribution < 1.29 is 4.92 Å². The molecule has 0 amide bonds. The maximum atomic E-state index is 10.6. The third kappa shape index (κ3) is 1.89. The van der Waals surface area contributed by atoms with E-state index in [-0.39, 0.29) is 5.69 Å². The van der Waals surface area contributed by atoms with Crippen molar-refractivity contribution in [3.8, 4) is 11.4 Å². The Hall–Kier alpha value is -2.54. The molecule has 3 aromatic rings. The highest BCUT2D eigenvalue weighted by atomic mass is 35.5. The van der Waals surface area contributed by atoms with Crippen molar-refractivity contribution in [3.63, 3.8) is 0 Å². The Labute approximate surface area is 111 Å². The Balaban J connectivity index is 2.16. The molecule has 0 aliphatic heterocycles. The molecule has 7 nitrogen and oxygen atoms in total. The van der Waals surface area contributed by atoms with Crippen LogP contribution in [0, 0.1) is 10.1 Å². The van der Waals surface area contributed by atoms with Crippen LogP contribution >= 0.6 is 11.6 Å². The Bertz CT molecular complexity index is 768. The lowest BCUT2D eigenvalue weighted by atomic mass is 10.2. The van der Waals surface area contributed by atoms with E-state index in [2.05, 4.69) is 15.2 Å². The highest BCUT2D eigenvalue weighted by Crippen LogP contribution is 2.23. The van der Waals surface area contributed by atoms with E-state index in [1.807, 2.05) is 0 Å². The third-order valence-corrected chi connectivity index (χ3v) is 2.88. The van der Waals surface area contributed by atoms with Crippen LogP contribution in [0.3, 0.4) is 0 Å². The van der Waals surface area contributed by atoms with E-state index in [0.717, 1.165) is 0 Å². The van der Waals surface area contributed by atoms with Gasteiger partial charge in [0.15, 0.2) is 11.5 Å². The number of hydrogen-bond donors (Lipinski definition) is 0. The number of rotatable bonds is 2. The number of nitro groups is 1. The van der Waals surface area contributed by atoms with Crippen molar-refractivity contribution in [1.82, 2.24) is 19.6 Å². The van der Waals surface area contributed by atoms with Gasteiger partial charge in [0.2, 0.25) is 0 Å². The first kappa shape index (κ1) is 11.5. The van der Waals surface area contributed by atoms with Crippen LogP contribution in [0.5, 0.6) is 0 Å². The van der Waals surface area contributed by atoms with E-state index in [1.165, 1.54) is 24.5 Å². The van der Waals surface area contributed by atoms with E-state index in [9.17, 15) is 10.1 Å². The van der Waals surface area contributed by atoms with Gasteiger partial charge >= 0.3 is 0 Å². The summed E-state index contributed by atoms with van der Waals surface area (Å²) in [4.78, 5) is 14.1. The third-order valence-electron chi connectivity index (χ3n) is 2.61. The second kappa shape index (κ2) is 4.29. The normalized spacial score (nSPS) is 10.8. The van der Waals surface area contributed by atoms with E-state index < -0.39 is 4.92 Å². The molecule has 0 spiro atoms. The number of halogens is 1. The second-order valence-electron chi connectivity index (χ2n) is 3.75. The largest absolute Gasteiger partial charge is 0.269 e. The molecular weight excluding hydrogens is 270 g/mol. The van der Waals surface area contributed by atoms with Crippen LogP contribution in [0.1, 0.15) is 0 Å². The Morgan fingerprint density at radius 2 is 1.89 bits per heavy atom. The monoisotopic (exact) mass is 275 g/mol. The lowest BCUT2D eigenvalue weighted by molar-refractivity contribution is -0.384. The maximum Gasteiger partial charge on any atom is 0.269 e. The molecule has 0 atom stereocenters. The van der Waals surface area contributed by atoms with Crippen LogP contribution in [0.15, 0.2) is 36.7 Å². The predicted octanol–water partition coefficient (Wildman–Crippen LogP) is 2.35. The van der Waals surface area contributed by atoms with Gasteiger partial charge in [0.25, 0.3) is 5.69 Å². The summed E-state index contributed by atoms with van der Waals surface area (Å²) in [5, 5.41) is 18.9. The van der Waals surface area contributed by atoms with Gasteiger partial charge in [0.05, 0.1) is 17.3 Å². The van der Waals surface area contributed by atoms with Gasteiger partial charge in [0, 0.05) is 17.7 Å². The van der Waals surface area contributed by atoms with Gasteiger partial charge in [-0.3, -0.25) is 19.5 Å². The molecule has 0 bridgehead atoms. The molecule has 0 aliphatic rings. The fraction of sp³-hybridized carbons (Fsp3) is 0. The summed E-state index contributed by atoms with van der Waals surface area (Å²) in [6.07, 6.45) is 3.01. The van der Waals surface area contributed by atoms with Crippen molar-refractivity contribution in [2.45, 2.75) is 0 Å². The van der Waals surface area contributed by atoms with E-state index in [4.69, 9.17) is 11.6 Å². The highest BCUT2D eigenvalue weighted by molar-refractivity contribution is 6.29. The smallest absolute Gasteiger partial charge is 0.262 e. The van der Waals surface area contributed by atoms with Gasteiger partial charge in [0.1, 0.15) is 5.15 Å². The van der Waals surface area contributed by atoms with Crippen LogP contribution in [-0.2, 0) is 0 Å². The number of nitro benzene ring substituents is 1. The average molecular weight is 276 g/mol. The van der Waals surface area contributed by atoms with Crippen LogP contribution < -0.4 is 0 Å². The van der Waals surface area contributed by atoms with Gasteiger partial charge in [-0.25, -0.2) is 0 Å². The molecule has 0 aliphatic carbocycles. The molecule has 0 saturated carbocycles. The fourth-order valence-corrected chi connectivity index (χ4v) is 1.96. The van der Waals surface area contributed by atoms with Crippen molar-refractivity contribution in [1.29, 1.82) is 0 Å². The summed E-state index contributed by atoms with van der Waals surface area (Å²) in [5.41, 5.74) is 1.22. The number of fused-ring (bicyclic) bond motifs is 1. The number of benzene rings is 1. The summed E-state index contributed by atoms with van der Waals surface area (Å²) in [5.74, 6) is 0.511. The van der Waals surface area contributed by atoms with Crippen molar-refractivity contribution >= 4 is 22.9 Å². The molecule has 2 aromatic heterocycles. The minimum atomic E-state index is -0.456. The SMILES string of the molecule is O=[N+]([O-])c1ccc(-c2nnc3cncc(Cl)n23)cc1. The van der Waals surface area contributed by atoms with Crippen LogP contribution in [-0.4, -0.2) is 24.5 Å². The molecule has 0 radical (unpaired) electrons. The minimum Gasteiger partial charge on any atom is -0.262 e. The molecule has 1 aromatic carbocycles. The fourth-order valence-electron chi connectivity index (χ4n) is 1.73. The Kier molecular flexibility index (Phi) is 2.60. The number of aromatic nitrogens is 4. The molecule has 19 heavy (non-hydrogen) atoms. The lowest BCUT2D eigenvalue weighted by Crippen LogP contribution is -1.93. The number of hydrogen-bond acceptors (Lipinski definition) is 5. The predicted molar refractivity (Wildman–Crippen MR) is 67.9 cm³/mol. The topological polar surface area (TPSA) is 86.2 Å². The molecule has 0 N–H and O–H groups in total. The van der Waals surface area contributed by atoms with Crippen molar-refractivity contribution in [3.05, 3.63) is 51.9 Å². The van der Waals surface area contributed by atoms with Crippen LogP contribution in [0.4, 0.5) is 5.69 Å². The van der Waals surface area contributed by atoms with Crippen molar-refractivity contribution in [2.24, 2.45) is 0 Å². The summed E-state index contributed by atoms with van der Waals surface area (Å²) >= 11 is 6.05. The lowest BCUT2D eigenvalue weighted by Gasteiger charge is -2.01. The van der Waals surface area contributed by atoms with Gasteiger partial charge < -0.3 is 0 Å². The van der Waals surface area contributed by atoms with Crippen molar-refractivity contribution in [2.75, 3.05) is 0 Å². The van der Waals surface area contributed by atoms with E-state index in [1.54, 1.807) is 16.5 Å². The molecular formula is C11H6ClN5O2. The first-order valence-electron chi connectivity index (χ1n) is 5.26. The van der Waals surface area contributed by atoms with Gasteiger partial charge in [-0.15, -0.1) is 10.2 Å².